The Morgan fingerprint density at radius 3 is 1.54 bits per heavy atom. The number of hydrogen-bond acceptors (Lipinski definition) is 8. The number of rotatable bonds is 14. The molecule has 0 radical (unpaired) electrons. The smallest absolute Gasteiger partial charge is 0.256 e. The maximum Gasteiger partial charge on any atom is 0.256 e. The number of nitrogens with one attached hydrogen (secondary N) is 2. The summed E-state index contributed by atoms with van der Waals surface area (Å²) < 4.78 is 21.9. The standard InChI is InChI=1S/C72H62N2O7.H2O/c1-39(2)46-23-17-24-47(40(3)4)70(46)73-36-43-33-60(79-57-28-14-10-20-51(57)50-19-9-13-27-56(50)77)65-54-31-32-55(72(78)74-71-48(41(5)6)25-18-26-49(71)42(7)8)64-45(38-76)35-61-67(66(54)64)68-62(34-44(37-75)63(43)69(65)68)81-59-30-16-12-22-53(59)52-21-11-15-29-58(52)80-61;/h9-35,37-42,73,77H,36H2,1-8H3,(H,74,78);1H2. The SMILES string of the molecule is CC(C)c1cccc(C(C)C)c1NCc1cc(Oc2ccccc2-c2ccccc2O)c2c3ccc(C(=O)Nc4c(C(C)C)cccc4C(C)C)c4c(C=O)cc5oc6ccccc6c6ccccc6oc6cc(C=O)c1c2c6c5c43.O. The van der Waals surface area contributed by atoms with E-state index in [9.17, 15) is 14.7 Å². The predicted octanol–water partition coefficient (Wildman–Crippen LogP) is 18.8. The van der Waals surface area contributed by atoms with Crippen molar-refractivity contribution in [2.75, 3.05) is 10.6 Å². The number of benzene rings is 11. The molecule has 82 heavy (non-hydrogen) atoms. The zero-order chi connectivity index (χ0) is 56.4. The second kappa shape index (κ2) is 21.9. The number of carbonyl (C=O) groups excluding carboxylic acids is 3. The van der Waals surface area contributed by atoms with Crippen molar-refractivity contribution in [1.29, 1.82) is 0 Å². The second-order valence-corrected chi connectivity index (χ2v) is 22.3. The first-order valence-electron chi connectivity index (χ1n) is 27.9. The average Bonchev–Trinajstić information content (AvgIpc) is 3.58. The molecule has 0 aliphatic carbocycles. The maximum absolute atomic E-state index is 15.5. The molecule has 0 aliphatic rings. The van der Waals surface area contributed by atoms with Gasteiger partial charge in [0.05, 0.1) is 0 Å². The lowest BCUT2D eigenvalue weighted by Gasteiger charge is -2.25. The van der Waals surface area contributed by atoms with E-state index in [4.69, 9.17) is 13.6 Å². The van der Waals surface area contributed by atoms with Gasteiger partial charge in [0.2, 0.25) is 0 Å². The van der Waals surface area contributed by atoms with Crippen LogP contribution in [0.5, 0.6) is 17.2 Å². The lowest BCUT2D eigenvalue weighted by Crippen LogP contribution is -2.17. The number of phenols is 1. The first-order chi connectivity index (χ1) is 39.3. The van der Waals surface area contributed by atoms with Gasteiger partial charge in [-0.2, -0.15) is 0 Å². The van der Waals surface area contributed by atoms with Gasteiger partial charge in [0.15, 0.2) is 12.6 Å². The Morgan fingerprint density at radius 1 is 0.476 bits per heavy atom. The van der Waals surface area contributed by atoms with E-state index in [0.29, 0.717) is 93.6 Å². The highest BCUT2D eigenvalue weighted by Crippen LogP contribution is 2.52. The normalized spacial score (nSPS) is 11.8. The molecule has 0 saturated carbocycles. The van der Waals surface area contributed by atoms with E-state index in [0.717, 1.165) is 62.5 Å². The lowest BCUT2D eigenvalue weighted by molar-refractivity contribution is 0.102. The number of carbonyl (C=O) groups is 3. The van der Waals surface area contributed by atoms with Crippen molar-refractivity contribution in [3.8, 4) is 28.4 Å². The summed E-state index contributed by atoms with van der Waals surface area (Å²) in [7, 11) is 0. The Balaban J connectivity index is 0.00000705. The van der Waals surface area contributed by atoms with Crippen LogP contribution in [0.1, 0.15) is 138 Å². The largest absolute Gasteiger partial charge is 0.507 e. The van der Waals surface area contributed by atoms with E-state index in [-0.39, 0.29) is 58.5 Å². The summed E-state index contributed by atoms with van der Waals surface area (Å²) in [5.74, 6) is 1.16. The van der Waals surface area contributed by atoms with Gasteiger partial charge in [0, 0.05) is 88.8 Å². The van der Waals surface area contributed by atoms with Crippen molar-refractivity contribution in [3.05, 3.63) is 208 Å². The van der Waals surface area contributed by atoms with Gasteiger partial charge in [-0.25, -0.2) is 0 Å². The van der Waals surface area contributed by atoms with Crippen LogP contribution in [0.25, 0.3) is 87.3 Å². The molecule has 410 valence electrons. The molecule has 12 rings (SSSR count). The summed E-state index contributed by atoms with van der Waals surface area (Å²) in [4.78, 5) is 43.6. The summed E-state index contributed by atoms with van der Waals surface area (Å²) in [6, 6.07) is 52.0. The topological polar surface area (TPSA) is 163 Å². The Morgan fingerprint density at radius 2 is 0.976 bits per heavy atom. The van der Waals surface area contributed by atoms with E-state index in [1.165, 1.54) is 0 Å². The predicted molar refractivity (Wildman–Crippen MR) is 335 cm³/mol. The van der Waals surface area contributed by atoms with Crippen LogP contribution in [0, 0.1) is 0 Å². The molecule has 1 aromatic heterocycles. The molecule has 0 unspecified atom stereocenters. The Bertz CT molecular complexity index is 4530. The fourth-order valence-electron chi connectivity index (χ4n) is 12.2. The highest BCUT2D eigenvalue weighted by atomic mass is 16.5. The summed E-state index contributed by atoms with van der Waals surface area (Å²) in [6.45, 7) is 17.5. The molecule has 1 amide bonds. The molecular weight excluding hydrogens is 1020 g/mol. The van der Waals surface area contributed by atoms with Crippen LogP contribution in [0.2, 0.25) is 0 Å². The van der Waals surface area contributed by atoms with Crippen molar-refractivity contribution >= 4 is 106 Å². The zero-order valence-corrected chi connectivity index (χ0v) is 47.2. The molecule has 10 nitrogen and oxygen atoms in total. The average molecular weight is 1090 g/mol. The Hall–Kier alpha value is -9.51. The van der Waals surface area contributed by atoms with Gasteiger partial charge in [-0.3, -0.25) is 14.4 Å². The van der Waals surface area contributed by atoms with E-state index >= 15 is 4.79 Å². The summed E-state index contributed by atoms with van der Waals surface area (Å²) >= 11 is 0. The number of ether oxygens (including phenoxy) is 1. The van der Waals surface area contributed by atoms with E-state index in [2.05, 4.69) is 84.2 Å². The van der Waals surface area contributed by atoms with Gasteiger partial charge in [0.25, 0.3) is 5.91 Å². The number of amides is 1. The highest BCUT2D eigenvalue weighted by molar-refractivity contribution is 6.42. The van der Waals surface area contributed by atoms with Crippen LogP contribution < -0.4 is 15.4 Å². The van der Waals surface area contributed by atoms with Gasteiger partial charge < -0.3 is 34.8 Å². The van der Waals surface area contributed by atoms with Crippen molar-refractivity contribution in [3.63, 3.8) is 0 Å². The Kier molecular flexibility index (Phi) is 14.5. The minimum absolute atomic E-state index is 0. The number of anilines is 2. The third kappa shape index (κ3) is 9.19. The summed E-state index contributed by atoms with van der Waals surface area (Å²) in [5, 5.41) is 24.8. The molecule has 0 bridgehead atoms. The second-order valence-electron chi connectivity index (χ2n) is 22.3. The van der Waals surface area contributed by atoms with Crippen molar-refractivity contribution in [1.82, 2.24) is 0 Å². The van der Waals surface area contributed by atoms with Gasteiger partial charge in [-0.1, -0.05) is 171 Å². The number of hydrogen-bond donors (Lipinski definition) is 3. The molecule has 5 N–H and O–H groups in total. The highest BCUT2D eigenvalue weighted by Gasteiger charge is 2.30. The van der Waals surface area contributed by atoms with Crippen LogP contribution >= 0.6 is 0 Å². The number of phenolic OH excluding ortho intramolecular Hbond substituents is 1. The van der Waals surface area contributed by atoms with Gasteiger partial charge in [-0.05, 0) is 111 Å². The van der Waals surface area contributed by atoms with E-state index in [1.54, 1.807) is 30.3 Å². The summed E-state index contributed by atoms with van der Waals surface area (Å²) in [6.07, 6.45) is 1.67. The van der Waals surface area contributed by atoms with E-state index < -0.39 is 0 Å². The first-order valence-corrected chi connectivity index (χ1v) is 27.9. The number of aldehydes is 2. The maximum atomic E-state index is 15.5. The van der Waals surface area contributed by atoms with Gasteiger partial charge in [0.1, 0.15) is 39.6 Å². The van der Waals surface area contributed by atoms with E-state index in [1.807, 2.05) is 115 Å². The Labute approximate surface area is 475 Å². The van der Waals surface area contributed by atoms with Gasteiger partial charge >= 0.3 is 0 Å². The molecule has 0 saturated heterocycles. The fourth-order valence-corrected chi connectivity index (χ4v) is 12.2. The molecule has 0 spiro atoms. The molecule has 11 aromatic carbocycles. The molecule has 0 atom stereocenters. The minimum Gasteiger partial charge on any atom is -0.507 e. The van der Waals surface area contributed by atoms with Crippen LogP contribution in [0.15, 0.2) is 173 Å². The van der Waals surface area contributed by atoms with Gasteiger partial charge in [-0.15, -0.1) is 0 Å². The molecule has 0 aliphatic heterocycles. The minimum atomic E-state index is -0.389. The third-order valence-electron chi connectivity index (χ3n) is 16.0. The fraction of sp³-hybridized carbons (Fsp3) is 0.181. The quantitative estimate of drug-likeness (QED) is 0.0551. The van der Waals surface area contributed by atoms with Crippen LogP contribution in [-0.4, -0.2) is 29.1 Å². The molecule has 1 heterocycles. The molecule has 0 fully saturated rings. The summed E-state index contributed by atoms with van der Waals surface area (Å²) in [5.41, 5.74) is 10.7. The van der Waals surface area contributed by atoms with Crippen LogP contribution in [0.3, 0.4) is 0 Å². The number of para-hydroxylation sites is 6. The van der Waals surface area contributed by atoms with Crippen LogP contribution in [0.4, 0.5) is 11.4 Å². The molecule has 12 aromatic rings. The van der Waals surface area contributed by atoms with Crippen LogP contribution in [-0.2, 0) is 6.54 Å². The monoisotopic (exact) mass is 1080 g/mol. The first kappa shape index (κ1) is 54.4. The third-order valence-corrected chi connectivity index (χ3v) is 16.0. The van der Waals surface area contributed by atoms with Crippen molar-refractivity contribution in [2.24, 2.45) is 0 Å². The molecule has 10 heteroatoms. The lowest BCUT2D eigenvalue weighted by atomic mass is 9.83. The zero-order valence-electron chi connectivity index (χ0n) is 47.2. The molecular formula is C72H64N2O8. The van der Waals surface area contributed by atoms with Crippen molar-refractivity contribution in [2.45, 2.75) is 85.6 Å². The number of aromatic hydroxyl groups is 1. The number of fused-ring (bicyclic) bond motifs is 4. The van der Waals surface area contributed by atoms with Crippen molar-refractivity contribution < 1.29 is 38.5 Å².